The number of ether oxygens (including phenoxy) is 3. The molecule has 1 fully saturated rings. The maximum absolute atomic E-state index is 13.8. The Bertz CT molecular complexity index is 1030. The number of hydrogen-bond acceptors (Lipinski definition) is 7. The highest BCUT2D eigenvalue weighted by Crippen LogP contribution is 2.45. The highest BCUT2D eigenvalue weighted by Gasteiger charge is 2.54. The highest BCUT2D eigenvalue weighted by molar-refractivity contribution is 7.14. The minimum absolute atomic E-state index is 0.00330. The van der Waals surface area contributed by atoms with Gasteiger partial charge in [0, 0.05) is 12.2 Å². The normalized spacial score (nSPS) is 19.8. The number of alkyl halides is 3. The predicted octanol–water partition coefficient (Wildman–Crippen LogP) is 5.77. The maximum atomic E-state index is 13.8. The molecule has 1 aliphatic heterocycles. The van der Waals surface area contributed by atoms with Crippen LogP contribution < -0.4 is 4.74 Å². The van der Waals surface area contributed by atoms with Crippen molar-refractivity contribution in [3.05, 3.63) is 28.8 Å². The van der Waals surface area contributed by atoms with Crippen LogP contribution in [0.2, 0.25) is 0 Å². The van der Waals surface area contributed by atoms with E-state index in [1.807, 2.05) is 0 Å². The predicted molar refractivity (Wildman–Crippen MR) is 123 cm³/mol. The Kier molecular flexibility index (Phi) is 8.28. The molecule has 1 aromatic carbocycles. The average molecular weight is 518 g/mol. The Labute approximate surface area is 206 Å². The summed E-state index contributed by atoms with van der Waals surface area (Å²) in [5.41, 5.74) is -2.94. The van der Waals surface area contributed by atoms with Crippen LogP contribution in [0.25, 0.3) is 10.6 Å². The lowest BCUT2D eigenvalue weighted by Crippen LogP contribution is -2.51. The van der Waals surface area contributed by atoms with E-state index < -0.39 is 29.1 Å². The largest absolute Gasteiger partial charge is 0.491 e. The van der Waals surface area contributed by atoms with Crippen molar-refractivity contribution >= 4 is 17.4 Å². The van der Waals surface area contributed by atoms with Gasteiger partial charge in [-0.05, 0) is 45.4 Å². The van der Waals surface area contributed by atoms with Gasteiger partial charge < -0.3 is 19.3 Å². The van der Waals surface area contributed by atoms with Crippen LogP contribution in [0, 0.1) is 0 Å². The molecule has 2 heterocycles. The summed E-state index contributed by atoms with van der Waals surface area (Å²) in [5.74, 6) is -0.293. The van der Waals surface area contributed by atoms with Gasteiger partial charge in [0.15, 0.2) is 0 Å². The monoisotopic (exact) mass is 517 g/mol. The molecule has 1 amide bonds. The van der Waals surface area contributed by atoms with Gasteiger partial charge in [0.05, 0.1) is 18.8 Å². The van der Waals surface area contributed by atoms with Crippen LogP contribution in [0.15, 0.2) is 18.2 Å². The summed E-state index contributed by atoms with van der Waals surface area (Å²) >= 11 is 1.02. The van der Waals surface area contributed by atoms with Crippen LogP contribution in [0.4, 0.5) is 18.0 Å². The summed E-state index contributed by atoms with van der Waals surface area (Å²) in [6.07, 6.45) is -2.85. The zero-order valence-electron chi connectivity index (χ0n) is 20.1. The van der Waals surface area contributed by atoms with E-state index in [2.05, 4.69) is 17.1 Å². The number of benzene rings is 1. The Morgan fingerprint density at radius 1 is 1.20 bits per heavy atom. The van der Waals surface area contributed by atoms with Crippen LogP contribution in [0.5, 0.6) is 5.75 Å². The topological polar surface area (TPSA) is 94.0 Å². The molecule has 1 atom stereocenters. The third-order valence-corrected chi connectivity index (χ3v) is 6.95. The van der Waals surface area contributed by atoms with Crippen molar-refractivity contribution in [1.82, 2.24) is 15.1 Å². The van der Waals surface area contributed by atoms with Crippen LogP contribution >= 0.6 is 11.3 Å². The van der Waals surface area contributed by atoms with Gasteiger partial charge in [-0.2, -0.15) is 13.2 Å². The number of hydrogen-bond donors (Lipinski definition) is 1. The number of carbonyl (C=O) groups is 1. The number of amides is 1. The molecule has 0 bridgehead atoms. The van der Waals surface area contributed by atoms with Crippen LogP contribution in [-0.4, -0.2) is 58.4 Å². The third kappa shape index (κ3) is 6.04. The first-order chi connectivity index (χ1) is 16.4. The zero-order chi connectivity index (χ0) is 25.9. The van der Waals surface area contributed by atoms with Crippen LogP contribution in [0.3, 0.4) is 0 Å². The second-order valence-corrected chi connectivity index (χ2v) is 9.89. The van der Waals surface area contributed by atoms with Gasteiger partial charge in [0.1, 0.15) is 33.6 Å². The van der Waals surface area contributed by atoms with E-state index in [4.69, 9.17) is 14.2 Å². The Balaban J connectivity index is 1.79. The molecule has 0 spiro atoms. The molecule has 0 aliphatic carbocycles. The second kappa shape index (κ2) is 10.7. The summed E-state index contributed by atoms with van der Waals surface area (Å²) < 4.78 is 57.7. The summed E-state index contributed by atoms with van der Waals surface area (Å²) in [6.45, 7) is 7.75. The molecular weight excluding hydrogens is 487 g/mol. The van der Waals surface area contributed by atoms with Gasteiger partial charge >= 0.3 is 12.3 Å². The first-order valence-electron chi connectivity index (χ1n) is 11.3. The van der Waals surface area contributed by atoms with Crippen molar-refractivity contribution in [3.8, 4) is 16.3 Å². The Morgan fingerprint density at radius 2 is 1.94 bits per heavy atom. The molecule has 1 aromatic heterocycles. The van der Waals surface area contributed by atoms with E-state index >= 15 is 0 Å². The van der Waals surface area contributed by atoms with Crippen LogP contribution in [-0.2, 0) is 21.2 Å². The van der Waals surface area contributed by atoms with Gasteiger partial charge in [-0.15, -0.1) is 10.2 Å². The van der Waals surface area contributed by atoms with Crippen molar-refractivity contribution in [3.63, 3.8) is 0 Å². The van der Waals surface area contributed by atoms with Gasteiger partial charge in [-0.3, -0.25) is 4.90 Å². The van der Waals surface area contributed by atoms with Gasteiger partial charge in [-0.25, -0.2) is 4.79 Å². The van der Waals surface area contributed by atoms with Gasteiger partial charge in [-0.1, -0.05) is 31.1 Å². The first-order valence-corrected chi connectivity index (χ1v) is 12.1. The summed E-state index contributed by atoms with van der Waals surface area (Å²) in [7, 11) is 0. The molecule has 8 nitrogen and oxygen atoms in total. The molecule has 35 heavy (non-hydrogen) atoms. The number of aromatic nitrogens is 2. The smallest absolute Gasteiger partial charge is 0.419 e. The number of halogens is 3. The lowest BCUT2D eigenvalue weighted by atomic mass is 10.0. The Morgan fingerprint density at radius 3 is 2.60 bits per heavy atom. The van der Waals surface area contributed by atoms with Gasteiger partial charge in [0.25, 0.3) is 0 Å². The first kappa shape index (κ1) is 27.2. The number of rotatable bonds is 10. The fourth-order valence-corrected chi connectivity index (χ4v) is 4.94. The zero-order valence-corrected chi connectivity index (χ0v) is 21.0. The summed E-state index contributed by atoms with van der Waals surface area (Å²) in [5, 5.41) is 18.4. The van der Waals surface area contributed by atoms with Gasteiger partial charge in [0.2, 0.25) is 0 Å². The molecule has 1 aliphatic rings. The molecule has 1 unspecified atom stereocenters. The third-order valence-electron chi connectivity index (χ3n) is 5.72. The number of nitrogens with zero attached hydrogens (tertiary/aromatic N) is 3. The van der Waals surface area contributed by atoms with Crippen LogP contribution in [0.1, 0.15) is 57.5 Å². The highest BCUT2D eigenvalue weighted by atomic mass is 32.1. The molecule has 0 saturated carbocycles. The second-order valence-electron chi connectivity index (χ2n) is 8.92. The van der Waals surface area contributed by atoms with Crippen molar-refractivity contribution in [1.29, 1.82) is 0 Å². The van der Waals surface area contributed by atoms with E-state index in [0.29, 0.717) is 11.6 Å². The summed E-state index contributed by atoms with van der Waals surface area (Å²) in [6, 6.07) is 3.70. The molecule has 2 aromatic rings. The summed E-state index contributed by atoms with van der Waals surface area (Å²) in [4.78, 5) is 13.0. The van der Waals surface area contributed by atoms with E-state index in [0.717, 1.165) is 41.6 Å². The lowest BCUT2D eigenvalue weighted by Gasteiger charge is -2.35. The molecule has 1 saturated heterocycles. The van der Waals surface area contributed by atoms with Crippen molar-refractivity contribution < 1.29 is 37.3 Å². The number of carboxylic acid groups (broad SMARTS) is 1. The standard InChI is InChI=1S/C23H30F3N3O5S/c1-5-6-7-10-32-11-12-33-17-9-8-15(13-16(17)23(24,25)26)18-27-28-19(35-18)22(4)14-34-21(2,3)29(22)20(30)31/h8-9,13H,5-7,10-12,14H2,1-4H3,(H,30,31). The Hall–Kier alpha value is -2.44. The molecule has 1 N–H and O–H groups in total. The fourth-order valence-electron chi connectivity index (χ4n) is 3.97. The van der Waals surface area contributed by atoms with E-state index in [9.17, 15) is 23.1 Å². The van der Waals surface area contributed by atoms with E-state index in [1.54, 1.807) is 20.8 Å². The quantitative estimate of drug-likeness (QED) is 0.400. The molecule has 3 rings (SSSR count). The van der Waals surface area contributed by atoms with E-state index in [1.165, 1.54) is 12.1 Å². The van der Waals surface area contributed by atoms with Crippen molar-refractivity contribution in [2.24, 2.45) is 0 Å². The molecule has 0 radical (unpaired) electrons. The number of unbranched alkanes of at least 4 members (excludes halogenated alkanes) is 2. The minimum atomic E-state index is -4.64. The molecule has 12 heteroatoms. The fraction of sp³-hybridized carbons (Fsp3) is 0.609. The maximum Gasteiger partial charge on any atom is 0.419 e. The van der Waals surface area contributed by atoms with Crippen molar-refractivity contribution in [2.75, 3.05) is 26.4 Å². The molecule has 194 valence electrons. The van der Waals surface area contributed by atoms with Crippen molar-refractivity contribution in [2.45, 2.75) is 64.4 Å². The minimum Gasteiger partial charge on any atom is -0.491 e. The molecular formula is C23H30F3N3O5S. The SMILES string of the molecule is CCCCCOCCOc1ccc(-c2nnc(C3(C)COC(C)(C)N3C(=O)O)s2)cc1C(F)(F)F. The lowest BCUT2D eigenvalue weighted by molar-refractivity contribution is -0.139. The average Bonchev–Trinajstić information content (AvgIpc) is 3.36. The van der Waals surface area contributed by atoms with E-state index in [-0.39, 0.29) is 36.1 Å².